The maximum Gasteiger partial charge on any atom is 0.254 e. The second-order valence-electron chi connectivity index (χ2n) is 10.7. The largest absolute Gasteiger partial charge is 0.385 e. The highest BCUT2D eigenvalue weighted by Crippen LogP contribution is 2.34. The molecule has 0 saturated carbocycles. The summed E-state index contributed by atoms with van der Waals surface area (Å²) in [6, 6.07) is 14.7. The Balaban J connectivity index is 1.38. The van der Waals surface area contributed by atoms with E-state index in [1.807, 2.05) is 42.3 Å². The van der Waals surface area contributed by atoms with Crippen LogP contribution in [0.5, 0.6) is 0 Å². The van der Waals surface area contributed by atoms with Gasteiger partial charge in [-0.1, -0.05) is 115 Å². The Hall–Kier alpha value is -3.14. The van der Waals surface area contributed by atoms with Crippen molar-refractivity contribution in [3.05, 3.63) is 65.2 Å². The minimum absolute atomic E-state index is 0.0873. The van der Waals surface area contributed by atoms with E-state index < -0.39 is 12.0 Å². The Kier molecular flexibility index (Phi) is 13.6. The van der Waals surface area contributed by atoms with E-state index in [0.29, 0.717) is 11.3 Å². The molecule has 0 radical (unpaired) electrons. The fourth-order valence-corrected chi connectivity index (χ4v) is 5.16. The molecule has 3 N–H and O–H groups in total. The normalized spacial score (nSPS) is 14.4. The standard InChI is InChI=1S/C34H46N2O3/c1-2-3-4-5-6-7-8-9-10-11-12-13-14-18-23-35-29-21-22-30-27(24-29)25-31(33(38)32(30)26-37)34(39)36-28-19-16-15-17-20-28/h15-17,19-22,24-25,33,35,38H,2-14,18,23H2,1H3,(H,36,39). The van der Waals surface area contributed by atoms with Gasteiger partial charge >= 0.3 is 0 Å². The molecule has 210 valence electrons. The molecule has 0 bridgehead atoms. The Morgan fingerprint density at radius 1 is 0.795 bits per heavy atom. The number of unbranched alkanes of at least 4 members (excludes halogenated alkanes) is 13. The van der Waals surface area contributed by atoms with Crippen molar-refractivity contribution in [2.75, 3.05) is 17.2 Å². The van der Waals surface area contributed by atoms with E-state index >= 15 is 0 Å². The van der Waals surface area contributed by atoms with Crippen LogP contribution in [0.2, 0.25) is 0 Å². The third-order valence-electron chi connectivity index (χ3n) is 7.48. The smallest absolute Gasteiger partial charge is 0.254 e. The second kappa shape index (κ2) is 17.4. The molecule has 0 heterocycles. The zero-order valence-electron chi connectivity index (χ0n) is 23.6. The molecular weight excluding hydrogens is 484 g/mol. The molecule has 1 atom stereocenters. The first kappa shape index (κ1) is 30.4. The van der Waals surface area contributed by atoms with Gasteiger partial charge in [-0.25, -0.2) is 4.79 Å². The van der Waals surface area contributed by atoms with Crippen LogP contribution in [0.4, 0.5) is 11.4 Å². The van der Waals surface area contributed by atoms with Gasteiger partial charge < -0.3 is 15.7 Å². The number of aliphatic hydroxyl groups excluding tert-OH is 1. The van der Waals surface area contributed by atoms with Crippen molar-refractivity contribution in [1.82, 2.24) is 0 Å². The van der Waals surface area contributed by atoms with Gasteiger partial charge in [0.25, 0.3) is 5.91 Å². The summed E-state index contributed by atoms with van der Waals surface area (Å²) >= 11 is 0. The molecule has 0 spiro atoms. The average molecular weight is 531 g/mol. The molecule has 0 saturated heterocycles. The lowest BCUT2D eigenvalue weighted by atomic mass is 9.85. The molecule has 2 aromatic carbocycles. The number of benzene rings is 2. The molecule has 5 heteroatoms. The van der Waals surface area contributed by atoms with Crippen molar-refractivity contribution in [3.8, 4) is 0 Å². The highest BCUT2D eigenvalue weighted by atomic mass is 16.3. The predicted octanol–water partition coefficient (Wildman–Crippen LogP) is 8.19. The number of para-hydroxylation sites is 1. The zero-order chi connectivity index (χ0) is 27.7. The fraction of sp³-hybridized carbons (Fsp3) is 0.500. The third-order valence-corrected chi connectivity index (χ3v) is 7.48. The summed E-state index contributed by atoms with van der Waals surface area (Å²) in [7, 11) is 0. The van der Waals surface area contributed by atoms with Crippen molar-refractivity contribution in [1.29, 1.82) is 0 Å². The van der Waals surface area contributed by atoms with Gasteiger partial charge in [-0.05, 0) is 47.9 Å². The van der Waals surface area contributed by atoms with E-state index in [2.05, 4.69) is 17.6 Å². The molecule has 3 rings (SSSR count). The van der Waals surface area contributed by atoms with Crippen LogP contribution in [-0.4, -0.2) is 29.6 Å². The van der Waals surface area contributed by atoms with Crippen LogP contribution in [0.15, 0.2) is 54.1 Å². The number of nitrogens with one attached hydrogen (secondary N) is 2. The summed E-state index contributed by atoms with van der Waals surface area (Å²) in [5.41, 5.74) is 3.11. The highest BCUT2D eigenvalue weighted by molar-refractivity contribution is 6.13. The number of amides is 1. The SMILES string of the molecule is CCCCCCCCCCCCCCCCNc1ccc2c(c1)C=C(C(=O)Nc1ccccc1)C(O)C2=C=O. The van der Waals surface area contributed by atoms with Gasteiger partial charge in [0.1, 0.15) is 12.0 Å². The van der Waals surface area contributed by atoms with Crippen LogP contribution in [0.1, 0.15) is 108 Å². The van der Waals surface area contributed by atoms with Gasteiger partial charge in [-0.15, -0.1) is 0 Å². The van der Waals surface area contributed by atoms with E-state index in [0.717, 1.165) is 24.2 Å². The molecule has 39 heavy (non-hydrogen) atoms. The first-order valence-electron chi connectivity index (χ1n) is 15.0. The fourth-order valence-electron chi connectivity index (χ4n) is 5.16. The van der Waals surface area contributed by atoms with Crippen molar-refractivity contribution >= 4 is 34.9 Å². The van der Waals surface area contributed by atoms with Crippen molar-refractivity contribution in [2.45, 2.75) is 103 Å². The van der Waals surface area contributed by atoms with Gasteiger partial charge in [0, 0.05) is 17.9 Å². The molecule has 0 aromatic heterocycles. The zero-order valence-corrected chi connectivity index (χ0v) is 23.6. The highest BCUT2D eigenvalue weighted by Gasteiger charge is 2.30. The molecule has 1 aliphatic rings. The summed E-state index contributed by atoms with van der Waals surface area (Å²) in [5, 5.41) is 17.0. The summed E-state index contributed by atoms with van der Waals surface area (Å²) in [5.74, 6) is 1.42. The van der Waals surface area contributed by atoms with Crippen LogP contribution >= 0.6 is 0 Å². The first-order valence-corrected chi connectivity index (χ1v) is 15.0. The van der Waals surface area contributed by atoms with Crippen LogP contribution in [0.3, 0.4) is 0 Å². The molecule has 2 aromatic rings. The topological polar surface area (TPSA) is 78.4 Å². The number of anilines is 2. The molecule has 1 unspecified atom stereocenters. The minimum atomic E-state index is -1.31. The maximum atomic E-state index is 12.9. The van der Waals surface area contributed by atoms with E-state index in [9.17, 15) is 14.7 Å². The van der Waals surface area contributed by atoms with E-state index in [1.54, 1.807) is 18.2 Å². The van der Waals surface area contributed by atoms with Crippen LogP contribution in [0, 0.1) is 0 Å². The van der Waals surface area contributed by atoms with Gasteiger partial charge in [0.15, 0.2) is 0 Å². The number of hydrogen-bond acceptors (Lipinski definition) is 4. The Bertz CT molecular complexity index is 1100. The molecular formula is C34H46N2O3. The molecule has 0 fully saturated rings. The van der Waals surface area contributed by atoms with Gasteiger partial charge in [0.05, 0.1) is 11.1 Å². The Morgan fingerprint density at radius 3 is 1.97 bits per heavy atom. The predicted molar refractivity (Wildman–Crippen MR) is 163 cm³/mol. The van der Waals surface area contributed by atoms with Crippen LogP contribution in [0.25, 0.3) is 11.6 Å². The third kappa shape index (κ3) is 10.2. The van der Waals surface area contributed by atoms with Gasteiger partial charge in [0.2, 0.25) is 0 Å². The minimum Gasteiger partial charge on any atom is -0.385 e. The Labute approximate surface area is 234 Å². The van der Waals surface area contributed by atoms with E-state index in [-0.39, 0.29) is 11.1 Å². The van der Waals surface area contributed by atoms with E-state index in [1.165, 1.54) is 83.5 Å². The number of rotatable bonds is 18. The molecule has 5 nitrogen and oxygen atoms in total. The number of hydrogen-bond donors (Lipinski definition) is 3. The number of carbonyl (C=O) groups is 1. The maximum absolute atomic E-state index is 12.9. The summed E-state index contributed by atoms with van der Waals surface area (Å²) < 4.78 is 0. The summed E-state index contributed by atoms with van der Waals surface area (Å²) in [6.07, 6.45) is 19.1. The second-order valence-corrected chi connectivity index (χ2v) is 10.7. The quantitative estimate of drug-likeness (QED) is 0.134. The number of aliphatic hydroxyl groups is 1. The van der Waals surface area contributed by atoms with E-state index in [4.69, 9.17) is 0 Å². The average Bonchev–Trinajstić information content (AvgIpc) is 2.95. The van der Waals surface area contributed by atoms with Crippen LogP contribution in [-0.2, 0) is 9.59 Å². The lowest BCUT2D eigenvalue weighted by molar-refractivity contribution is -0.113. The first-order chi connectivity index (χ1) is 19.1. The number of carbonyl (C=O) groups excluding carboxylic acids is 2. The van der Waals surface area contributed by atoms with Gasteiger partial charge in [-0.3, -0.25) is 4.79 Å². The lowest BCUT2D eigenvalue weighted by Gasteiger charge is -2.23. The lowest BCUT2D eigenvalue weighted by Crippen LogP contribution is -2.27. The number of fused-ring (bicyclic) bond motifs is 1. The van der Waals surface area contributed by atoms with Gasteiger partial charge in [-0.2, -0.15) is 0 Å². The molecule has 1 aliphatic carbocycles. The molecule has 0 aliphatic heterocycles. The monoisotopic (exact) mass is 530 g/mol. The summed E-state index contributed by atoms with van der Waals surface area (Å²) in [4.78, 5) is 24.5. The van der Waals surface area contributed by atoms with Crippen LogP contribution < -0.4 is 10.6 Å². The van der Waals surface area contributed by atoms with Crippen molar-refractivity contribution in [3.63, 3.8) is 0 Å². The summed E-state index contributed by atoms with van der Waals surface area (Å²) in [6.45, 7) is 3.15. The van der Waals surface area contributed by atoms with Crippen molar-refractivity contribution < 1.29 is 14.7 Å². The van der Waals surface area contributed by atoms with Crippen molar-refractivity contribution in [2.24, 2.45) is 0 Å². The molecule has 1 amide bonds. The Morgan fingerprint density at radius 2 is 1.38 bits per heavy atom.